The monoisotopic (exact) mass is 280 g/mol. The molecular formula is C16H12N2OS. The Morgan fingerprint density at radius 3 is 2.75 bits per heavy atom. The summed E-state index contributed by atoms with van der Waals surface area (Å²) in [5, 5.41) is 7.92. The molecule has 3 aromatic rings. The number of amides is 1. The topological polar surface area (TPSA) is 41.5 Å². The number of nitrogens with one attached hydrogen (secondary N) is 1. The Balaban J connectivity index is 1.82. The Kier molecular flexibility index (Phi) is 3.56. The van der Waals surface area contributed by atoms with E-state index in [-0.39, 0.29) is 5.91 Å². The lowest BCUT2D eigenvalue weighted by atomic mass is 10.0. The van der Waals surface area contributed by atoms with E-state index in [9.17, 15) is 4.79 Å². The van der Waals surface area contributed by atoms with Crippen molar-refractivity contribution in [1.82, 2.24) is 5.43 Å². The molecule has 0 spiro atoms. The summed E-state index contributed by atoms with van der Waals surface area (Å²) in [6.07, 6.45) is 1.65. The lowest BCUT2D eigenvalue weighted by Crippen LogP contribution is -2.17. The highest BCUT2D eigenvalue weighted by molar-refractivity contribution is 7.11. The SMILES string of the molecule is O=C(N/N=C\c1cccs1)c1cccc2ccccc12. The van der Waals surface area contributed by atoms with Crippen LogP contribution in [0.25, 0.3) is 10.8 Å². The number of nitrogens with zero attached hydrogens (tertiary/aromatic N) is 1. The number of benzene rings is 2. The molecule has 0 saturated heterocycles. The molecule has 0 aliphatic heterocycles. The molecule has 0 bridgehead atoms. The minimum atomic E-state index is -0.199. The van der Waals surface area contributed by atoms with E-state index in [2.05, 4.69) is 10.5 Å². The van der Waals surface area contributed by atoms with Crippen molar-refractivity contribution in [2.24, 2.45) is 5.10 Å². The van der Waals surface area contributed by atoms with Crippen molar-refractivity contribution in [1.29, 1.82) is 0 Å². The van der Waals surface area contributed by atoms with Crippen LogP contribution in [0.5, 0.6) is 0 Å². The third-order valence-corrected chi connectivity index (χ3v) is 3.74. The lowest BCUT2D eigenvalue weighted by molar-refractivity contribution is 0.0957. The molecule has 0 atom stereocenters. The van der Waals surface area contributed by atoms with Crippen molar-refractivity contribution < 1.29 is 4.79 Å². The quantitative estimate of drug-likeness (QED) is 0.577. The highest BCUT2D eigenvalue weighted by Gasteiger charge is 2.08. The normalized spacial score (nSPS) is 11.0. The van der Waals surface area contributed by atoms with Crippen LogP contribution in [0.3, 0.4) is 0 Å². The summed E-state index contributed by atoms with van der Waals surface area (Å²) in [4.78, 5) is 13.2. The fourth-order valence-electron chi connectivity index (χ4n) is 2.00. The van der Waals surface area contributed by atoms with Gasteiger partial charge in [0, 0.05) is 10.4 Å². The molecule has 3 nitrogen and oxygen atoms in total. The third kappa shape index (κ3) is 2.60. The fraction of sp³-hybridized carbons (Fsp3) is 0. The number of carbonyl (C=O) groups is 1. The smallest absolute Gasteiger partial charge is 0.267 e. The number of hydrogen-bond donors (Lipinski definition) is 1. The van der Waals surface area contributed by atoms with Crippen molar-refractivity contribution in [3.8, 4) is 0 Å². The van der Waals surface area contributed by atoms with Gasteiger partial charge in [0.2, 0.25) is 0 Å². The second-order valence-corrected chi connectivity index (χ2v) is 5.22. The van der Waals surface area contributed by atoms with E-state index in [4.69, 9.17) is 0 Å². The molecule has 0 unspecified atom stereocenters. The van der Waals surface area contributed by atoms with Crippen LogP contribution in [-0.4, -0.2) is 12.1 Å². The van der Waals surface area contributed by atoms with Gasteiger partial charge in [0.25, 0.3) is 5.91 Å². The highest BCUT2D eigenvalue weighted by Crippen LogP contribution is 2.18. The number of rotatable bonds is 3. The molecule has 2 aromatic carbocycles. The van der Waals surface area contributed by atoms with Gasteiger partial charge in [-0.2, -0.15) is 5.10 Å². The van der Waals surface area contributed by atoms with E-state index in [1.54, 1.807) is 23.6 Å². The van der Waals surface area contributed by atoms with E-state index in [0.29, 0.717) is 5.56 Å². The van der Waals surface area contributed by atoms with Gasteiger partial charge in [0.05, 0.1) is 6.21 Å². The number of hydrazone groups is 1. The average molecular weight is 280 g/mol. The Hall–Kier alpha value is -2.46. The van der Waals surface area contributed by atoms with Crippen LogP contribution in [0.2, 0.25) is 0 Å². The number of carbonyl (C=O) groups excluding carboxylic acids is 1. The van der Waals surface area contributed by atoms with Crippen molar-refractivity contribution in [3.05, 3.63) is 70.4 Å². The van der Waals surface area contributed by atoms with Gasteiger partial charge in [-0.25, -0.2) is 5.43 Å². The minimum absolute atomic E-state index is 0.199. The molecule has 1 N–H and O–H groups in total. The Morgan fingerprint density at radius 2 is 1.90 bits per heavy atom. The van der Waals surface area contributed by atoms with Gasteiger partial charge in [-0.3, -0.25) is 4.79 Å². The molecule has 0 fully saturated rings. The Labute approximate surface area is 120 Å². The highest BCUT2D eigenvalue weighted by atomic mass is 32.1. The van der Waals surface area contributed by atoms with E-state index in [1.165, 1.54) is 0 Å². The van der Waals surface area contributed by atoms with Crippen molar-refractivity contribution in [2.45, 2.75) is 0 Å². The summed E-state index contributed by atoms with van der Waals surface area (Å²) >= 11 is 1.57. The summed E-state index contributed by atoms with van der Waals surface area (Å²) in [5.74, 6) is -0.199. The molecule has 3 rings (SSSR count). The van der Waals surface area contributed by atoms with Crippen LogP contribution in [0.15, 0.2) is 65.1 Å². The van der Waals surface area contributed by atoms with Crippen LogP contribution in [0.4, 0.5) is 0 Å². The van der Waals surface area contributed by atoms with Crippen LogP contribution < -0.4 is 5.43 Å². The molecule has 4 heteroatoms. The van der Waals surface area contributed by atoms with Gasteiger partial charge in [0.1, 0.15) is 0 Å². The first-order valence-corrected chi connectivity index (χ1v) is 7.07. The van der Waals surface area contributed by atoms with Gasteiger partial charge in [-0.15, -0.1) is 11.3 Å². The molecule has 20 heavy (non-hydrogen) atoms. The standard InChI is InChI=1S/C16H12N2OS/c19-16(18-17-11-13-7-4-10-20-13)15-9-3-6-12-5-1-2-8-14(12)15/h1-11H,(H,18,19)/b17-11-. The van der Waals surface area contributed by atoms with E-state index in [0.717, 1.165) is 15.6 Å². The van der Waals surface area contributed by atoms with Crippen LogP contribution >= 0.6 is 11.3 Å². The van der Waals surface area contributed by atoms with Gasteiger partial charge in [-0.05, 0) is 28.3 Å². The number of thiophene rings is 1. The van der Waals surface area contributed by atoms with Crippen LogP contribution in [-0.2, 0) is 0 Å². The summed E-state index contributed by atoms with van der Waals surface area (Å²) in [5.41, 5.74) is 3.20. The predicted molar refractivity (Wildman–Crippen MR) is 83.3 cm³/mol. The van der Waals surface area contributed by atoms with E-state index in [1.807, 2.05) is 53.9 Å². The first kappa shape index (κ1) is 12.6. The van der Waals surface area contributed by atoms with E-state index >= 15 is 0 Å². The Morgan fingerprint density at radius 1 is 1.05 bits per heavy atom. The zero-order valence-corrected chi connectivity index (χ0v) is 11.4. The molecule has 0 saturated carbocycles. The van der Waals surface area contributed by atoms with Gasteiger partial charge < -0.3 is 0 Å². The fourth-order valence-corrected chi connectivity index (χ4v) is 2.59. The first-order chi connectivity index (χ1) is 9.84. The maximum absolute atomic E-state index is 12.2. The second kappa shape index (κ2) is 5.67. The molecular weight excluding hydrogens is 268 g/mol. The number of fused-ring (bicyclic) bond motifs is 1. The maximum Gasteiger partial charge on any atom is 0.271 e. The molecule has 1 aromatic heterocycles. The predicted octanol–water partition coefficient (Wildman–Crippen LogP) is 3.67. The molecule has 1 amide bonds. The van der Waals surface area contributed by atoms with Crippen LogP contribution in [0.1, 0.15) is 15.2 Å². The largest absolute Gasteiger partial charge is 0.271 e. The molecule has 0 radical (unpaired) electrons. The summed E-state index contributed by atoms with van der Waals surface area (Å²) < 4.78 is 0. The number of hydrogen-bond acceptors (Lipinski definition) is 3. The Bertz CT molecular complexity index is 758. The summed E-state index contributed by atoms with van der Waals surface area (Å²) in [6, 6.07) is 17.4. The third-order valence-electron chi connectivity index (χ3n) is 2.94. The van der Waals surface area contributed by atoms with Crippen molar-refractivity contribution in [2.75, 3.05) is 0 Å². The average Bonchev–Trinajstić information content (AvgIpc) is 3.00. The van der Waals surface area contributed by atoms with Crippen molar-refractivity contribution >= 4 is 34.2 Å². The first-order valence-electron chi connectivity index (χ1n) is 6.19. The summed E-state index contributed by atoms with van der Waals surface area (Å²) in [7, 11) is 0. The summed E-state index contributed by atoms with van der Waals surface area (Å²) in [6.45, 7) is 0. The van der Waals surface area contributed by atoms with E-state index < -0.39 is 0 Å². The van der Waals surface area contributed by atoms with Gasteiger partial charge >= 0.3 is 0 Å². The maximum atomic E-state index is 12.2. The zero-order chi connectivity index (χ0) is 13.8. The van der Waals surface area contributed by atoms with Crippen molar-refractivity contribution in [3.63, 3.8) is 0 Å². The lowest BCUT2D eigenvalue weighted by Gasteiger charge is -2.04. The minimum Gasteiger partial charge on any atom is -0.267 e. The van der Waals surface area contributed by atoms with Gasteiger partial charge in [-0.1, -0.05) is 42.5 Å². The molecule has 0 aliphatic rings. The van der Waals surface area contributed by atoms with Gasteiger partial charge in [0.15, 0.2) is 0 Å². The second-order valence-electron chi connectivity index (χ2n) is 4.24. The molecule has 1 heterocycles. The molecule has 98 valence electrons. The zero-order valence-electron chi connectivity index (χ0n) is 10.6. The molecule has 0 aliphatic carbocycles. The van der Waals surface area contributed by atoms with Crippen LogP contribution in [0, 0.1) is 0 Å².